The number of benzene rings is 1. The van der Waals surface area contributed by atoms with Gasteiger partial charge in [-0.15, -0.1) is 0 Å². The predicted octanol–water partition coefficient (Wildman–Crippen LogP) is 2.46. The molecule has 0 unspecified atom stereocenters. The second kappa shape index (κ2) is 5.95. The van der Waals surface area contributed by atoms with Crippen LogP contribution in [-0.4, -0.2) is 20.6 Å². The van der Waals surface area contributed by atoms with E-state index in [-0.39, 0.29) is 18.6 Å². The molecule has 7 nitrogen and oxygen atoms in total. The van der Waals surface area contributed by atoms with Gasteiger partial charge in [0.1, 0.15) is 6.61 Å². The minimum Gasteiger partial charge on any atom is -0.458 e. The Labute approximate surface area is 178 Å². The number of esters is 1. The molecule has 158 valence electrons. The highest BCUT2D eigenvalue weighted by molar-refractivity contribution is 5.95. The van der Waals surface area contributed by atoms with Gasteiger partial charge < -0.3 is 20.1 Å². The SMILES string of the molecule is CC[C@@]1(O)C(=O)OCc2c1cc1n(c2=O)Cc2c-1nc1cc(C)c(N)c3c1c2CCC3. The Morgan fingerprint density at radius 3 is 2.74 bits per heavy atom. The largest absolute Gasteiger partial charge is 0.458 e. The molecular formula is C24H23N3O4. The maximum absolute atomic E-state index is 13.4. The van der Waals surface area contributed by atoms with Gasteiger partial charge in [0.05, 0.1) is 29.0 Å². The van der Waals surface area contributed by atoms with E-state index in [4.69, 9.17) is 15.5 Å². The van der Waals surface area contributed by atoms with Crippen LogP contribution in [0, 0.1) is 6.92 Å². The van der Waals surface area contributed by atoms with Crippen molar-refractivity contribution < 1.29 is 14.6 Å². The fourth-order valence-corrected chi connectivity index (χ4v) is 5.56. The second-order valence-corrected chi connectivity index (χ2v) is 8.85. The Kier molecular flexibility index (Phi) is 3.56. The number of hydrogen-bond donors (Lipinski definition) is 2. The van der Waals surface area contributed by atoms with E-state index in [1.165, 1.54) is 5.56 Å². The van der Waals surface area contributed by atoms with E-state index in [9.17, 15) is 14.7 Å². The zero-order valence-corrected chi connectivity index (χ0v) is 17.5. The van der Waals surface area contributed by atoms with E-state index in [0.29, 0.717) is 23.4 Å². The van der Waals surface area contributed by atoms with Crippen molar-refractivity contribution in [3.8, 4) is 11.4 Å². The van der Waals surface area contributed by atoms with Crippen molar-refractivity contribution in [2.24, 2.45) is 0 Å². The van der Waals surface area contributed by atoms with Crippen LogP contribution in [0.25, 0.3) is 22.3 Å². The van der Waals surface area contributed by atoms with Gasteiger partial charge in [-0.2, -0.15) is 0 Å². The van der Waals surface area contributed by atoms with E-state index in [1.807, 2.05) is 13.0 Å². The second-order valence-electron chi connectivity index (χ2n) is 8.85. The number of cyclic esters (lactones) is 1. The summed E-state index contributed by atoms with van der Waals surface area (Å²) in [5, 5.41) is 12.2. The number of nitrogen functional groups attached to an aromatic ring is 1. The van der Waals surface area contributed by atoms with Gasteiger partial charge in [-0.3, -0.25) is 4.79 Å². The van der Waals surface area contributed by atoms with Gasteiger partial charge in [-0.05, 0) is 61.4 Å². The molecule has 1 atom stereocenters. The number of carbonyl (C=O) groups is 1. The van der Waals surface area contributed by atoms with Gasteiger partial charge in [-0.25, -0.2) is 9.78 Å². The maximum atomic E-state index is 13.4. The quantitative estimate of drug-likeness (QED) is 0.364. The molecule has 0 saturated carbocycles. The number of carbonyl (C=O) groups excluding carboxylic acids is 1. The van der Waals surface area contributed by atoms with E-state index < -0.39 is 11.6 Å². The van der Waals surface area contributed by atoms with Gasteiger partial charge in [0.15, 0.2) is 5.60 Å². The molecule has 31 heavy (non-hydrogen) atoms. The average Bonchev–Trinajstić information content (AvgIpc) is 3.14. The lowest BCUT2D eigenvalue weighted by molar-refractivity contribution is -0.172. The molecule has 3 N–H and O–H groups in total. The van der Waals surface area contributed by atoms with Crippen molar-refractivity contribution in [3.05, 3.63) is 55.9 Å². The van der Waals surface area contributed by atoms with Crippen LogP contribution in [0.1, 0.15) is 53.1 Å². The number of fused-ring (bicyclic) bond motifs is 5. The molecular weight excluding hydrogens is 394 g/mol. The zero-order chi connectivity index (χ0) is 21.7. The number of rotatable bonds is 1. The lowest BCUT2D eigenvalue weighted by Crippen LogP contribution is -2.44. The Morgan fingerprint density at radius 1 is 1.19 bits per heavy atom. The van der Waals surface area contributed by atoms with Gasteiger partial charge in [0.25, 0.3) is 5.56 Å². The molecule has 0 amide bonds. The number of pyridine rings is 2. The number of ether oxygens (including phenoxy) is 1. The number of hydrogen-bond acceptors (Lipinski definition) is 6. The summed E-state index contributed by atoms with van der Waals surface area (Å²) >= 11 is 0. The number of anilines is 1. The maximum Gasteiger partial charge on any atom is 0.343 e. The topological polar surface area (TPSA) is 107 Å². The lowest BCUT2D eigenvalue weighted by atomic mass is 9.84. The fraction of sp³-hybridized carbons (Fsp3) is 0.375. The molecule has 0 fully saturated rings. The first-order valence-corrected chi connectivity index (χ1v) is 10.8. The molecule has 3 aliphatic rings. The number of aliphatic hydroxyl groups is 1. The Morgan fingerprint density at radius 2 is 1.97 bits per heavy atom. The minimum atomic E-state index is -1.81. The summed E-state index contributed by atoms with van der Waals surface area (Å²) in [6, 6.07) is 3.79. The molecule has 1 aromatic carbocycles. The van der Waals surface area contributed by atoms with Crippen LogP contribution in [0.5, 0.6) is 0 Å². The molecule has 0 bridgehead atoms. The molecule has 6 rings (SSSR count). The highest BCUT2D eigenvalue weighted by Gasteiger charge is 2.45. The van der Waals surface area contributed by atoms with Crippen LogP contribution in [0.2, 0.25) is 0 Å². The van der Waals surface area contributed by atoms with Crippen LogP contribution in [-0.2, 0) is 41.1 Å². The number of aryl methyl sites for hydroxylation is 3. The molecule has 0 radical (unpaired) electrons. The van der Waals surface area contributed by atoms with E-state index in [1.54, 1.807) is 17.6 Å². The van der Waals surface area contributed by atoms with E-state index in [0.717, 1.165) is 58.2 Å². The molecule has 4 heterocycles. The summed E-state index contributed by atoms with van der Waals surface area (Å²) in [5.74, 6) is -0.706. The van der Waals surface area contributed by atoms with Crippen LogP contribution in [0.15, 0.2) is 16.9 Å². The summed E-state index contributed by atoms with van der Waals surface area (Å²) in [5.41, 5.74) is 12.6. The molecule has 2 aliphatic heterocycles. The third kappa shape index (κ3) is 2.19. The molecule has 0 saturated heterocycles. The molecule has 0 spiro atoms. The first-order chi connectivity index (χ1) is 14.8. The van der Waals surface area contributed by atoms with E-state index in [2.05, 4.69) is 0 Å². The molecule has 7 heteroatoms. The lowest BCUT2D eigenvalue weighted by Gasteiger charge is -2.31. The van der Waals surface area contributed by atoms with Crippen LogP contribution < -0.4 is 11.3 Å². The summed E-state index contributed by atoms with van der Waals surface area (Å²) in [6.45, 7) is 4.02. The first-order valence-electron chi connectivity index (χ1n) is 10.8. The van der Waals surface area contributed by atoms with Crippen molar-refractivity contribution in [2.75, 3.05) is 5.73 Å². The fourth-order valence-electron chi connectivity index (χ4n) is 5.56. The normalized spacial score (nSPS) is 20.9. The van der Waals surface area contributed by atoms with E-state index >= 15 is 0 Å². The summed E-state index contributed by atoms with van der Waals surface area (Å²) in [7, 11) is 0. The van der Waals surface area contributed by atoms with Gasteiger partial charge in [0.2, 0.25) is 0 Å². The Hall–Kier alpha value is -3.19. The van der Waals surface area contributed by atoms with Crippen molar-refractivity contribution in [1.82, 2.24) is 9.55 Å². The standard InChI is InChI=1S/C24H23N3O4/c1-3-24(30)16-8-18-21-14(9-27(18)22(28)15(16)10-31-23(24)29)12-5-4-6-13-19(12)17(26-21)7-11(2)20(13)25/h7-8,30H,3-6,9-10,25H2,1-2H3/t24-/m0/s1. The van der Waals surface area contributed by atoms with Gasteiger partial charge >= 0.3 is 5.97 Å². The highest BCUT2D eigenvalue weighted by atomic mass is 16.6. The average molecular weight is 417 g/mol. The minimum absolute atomic E-state index is 0.117. The van der Waals surface area contributed by atoms with Crippen molar-refractivity contribution >= 4 is 22.6 Å². The van der Waals surface area contributed by atoms with Gasteiger partial charge in [0, 0.05) is 22.2 Å². The molecule has 2 aromatic heterocycles. The monoisotopic (exact) mass is 417 g/mol. The van der Waals surface area contributed by atoms with Crippen molar-refractivity contribution in [1.29, 1.82) is 0 Å². The number of aromatic nitrogens is 2. The Bertz CT molecular complexity index is 1400. The molecule has 1 aliphatic carbocycles. The zero-order valence-electron chi connectivity index (χ0n) is 17.5. The summed E-state index contributed by atoms with van der Waals surface area (Å²) in [6.07, 6.45) is 2.99. The Balaban J connectivity index is 1.68. The highest BCUT2D eigenvalue weighted by Crippen LogP contribution is 2.43. The predicted molar refractivity (Wildman–Crippen MR) is 116 cm³/mol. The number of nitrogens with zero attached hydrogens (tertiary/aromatic N) is 2. The first kappa shape index (κ1) is 18.6. The van der Waals surface area contributed by atoms with Crippen LogP contribution in [0.3, 0.4) is 0 Å². The summed E-state index contributed by atoms with van der Waals surface area (Å²) < 4.78 is 6.86. The van der Waals surface area contributed by atoms with Crippen LogP contribution >= 0.6 is 0 Å². The molecule has 3 aromatic rings. The summed E-state index contributed by atoms with van der Waals surface area (Å²) in [4.78, 5) is 30.7. The van der Waals surface area contributed by atoms with Crippen molar-refractivity contribution in [2.45, 2.75) is 58.3 Å². The van der Waals surface area contributed by atoms with Gasteiger partial charge in [-0.1, -0.05) is 6.92 Å². The smallest absolute Gasteiger partial charge is 0.343 e. The van der Waals surface area contributed by atoms with Crippen LogP contribution in [0.4, 0.5) is 5.69 Å². The third-order valence-corrected chi connectivity index (χ3v) is 7.30. The third-order valence-electron chi connectivity index (χ3n) is 7.30. The number of nitrogens with two attached hydrogens (primary N) is 1. The van der Waals surface area contributed by atoms with Crippen molar-refractivity contribution in [3.63, 3.8) is 0 Å².